The van der Waals surface area contributed by atoms with Crippen molar-refractivity contribution < 1.29 is 28.5 Å². The lowest BCUT2D eigenvalue weighted by Crippen LogP contribution is -2.44. The Hall–Kier alpha value is -1.66. The maximum Gasteiger partial charge on any atom is 0.334 e. The molecule has 0 unspecified atom stereocenters. The Morgan fingerprint density at radius 1 is 1.29 bits per heavy atom. The van der Waals surface area contributed by atoms with Crippen molar-refractivity contribution in [3.05, 3.63) is 23.8 Å². The van der Waals surface area contributed by atoms with Crippen LogP contribution in [0.3, 0.4) is 0 Å². The van der Waals surface area contributed by atoms with Crippen LogP contribution >= 0.6 is 0 Å². The highest BCUT2D eigenvalue weighted by Crippen LogP contribution is 2.46. The molecule has 31 heavy (non-hydrogen) atoms. The van der Waals surface area contributed by atoms with Crippen LogP contribution in [0.4, 0.5) is 0 Å². The topological polar surface area (TPSA) is 71.1 Å². The summed E-state index contributed by atoms with van der Waals surface area (Å²) in [6.07, 6.45) is 6.10. The van der Waals surface area contributed by atoms with Gasteiger partial charge in [0.25, 0.3) is 0 Å². The summed E-state index contributed by atoms with van der Waals surface area (Å²) >= 11 is 0. The fraction of sp³-hybridized carbons (Fsp3) is 0.760. The Labute approximate surface area is 186 Å². The van der Waals surface area contributed by atoms with Crippen LogP contribution in [0.5, 0.6) is 0 Å². The lowest BCUT2D eigenvalue weighted by atomic mass is 9.79. The van der Waals surface area contributed by atoms with Gasteiger partial charge < -0.3 is 18.9 Å². The molecule has 0 aromatic heterocycles. The van der Waals surface area contributed by atoms with Gasteiger partial charge in [-0.15, -0.1) is 0 Å². The van der Waals surface area contributed by atoms with Gasteiger partial charge in [0, 0.05) is 18.4 Å². The van der Waals surface area contributed by atoms with Crippen LogP contribution in [-0.2, 0) is 28.5 Å². The number of rotatable bonds is 1. The summed E-state index contributed by atoms with van der Waals surface area (Å²) in [4.78, 5) is 24.4. The molecular formula is C25H38O6. The molecule has 2 fully saturated rings. The highest BCUT2D eigenvalue weighted by atomic mass is 16.8. The molecule has 0 radical (unpaired) electrons. The monoisotopic (exact) mass is 434 g/mol. The van der Waals surface area contributed by atoms with Gasteiger partial charge in [-0.1, -0.05) is 25.2 Å². The van der Waals surface area contributed by atoms with Crippen molar-refractivity contribution in [3.63, 3.8) is 0 Å². The minimum absolute atomic E-state index is 0.0504. The molecule has 0 spiro atoms. The molecule has 0 aromatic carbocycles. The Morgan fingerprint density at radius 2 is 2.00 bits per heavy atom. The van der Waals surface area contributed by atoms with E-state index in [1.807, 2.05) is 13.8 Å². The lowest BCUT2D eigenvalue weighted by molar-refractivity contribution is -0.167. The van der Waals surface area contributed by atoms with E-state index in [-0.39, 0.29) is 23.9 Å². The molecule has 0 aromatic rings. The molecule has 0 bridgehead atoms. The predicted molar refractivity (Wildman–Crippen MR) is 117 cm³/mol. The van der Waals surface area contributed by atoms with Crippen LogP contribution in [0.15, 0.2) is 23.8 Å². The molecule has 2 heterocycles. The third kappa shape index (κ3) is 5.40. The van der Waals surface area contributed by atoms with E-state index in [1.165, 1.54) is 12.5 Å². The number of hydrogen-bond donors (Lipinski definition) is 0. The Bertz CT molecular complexity index is 753. The van der Waals surface area contributed by atoms with Crippen LogP contribution in [-0.4, -0.2) is 41.6 Å². The highest BCUT2D eigenvalue weighted by molar-refractivity contribution is 5.91. The third-order valence-electron chi connectivity index (χ3n) is 6.95. The highest BCUT2D eigenvalue weighted by Gasteiger charge is 2.54. The number of carbonyl (C=O) groups excluding carboxylic acids is 2. The van der Waals surface area contributed by atoms with Crippen molar-refractivity contribution in [2.75, 3.05) is 0 Å². The Kier molecular flexibility index (Phi) is 7.02. The second-order valence-electron chi connectivity index (χ2n) is 10.2. The van der Waals surface area contributed by atoms with Crippen molar-refractivity contribution in [1.29, 1.82) is 0 Å². The smallest absolute Gasteiger partial charge is 0.334 e. The first kappa shape index (κ1) is 24.0. The summed E-state index contributed by atoms with van der Waals surface area (Å²) in [5, 5.41) is 0. The number of fused-ring (bicyclic) bond motifs is 2. The van der Waals surface area contributed by atoms with E-state index < -0.39 is 29.6 Å². The van der Waals surface area contributed by atoms with E-state index in [0.717, 1.165) is 32.1 Å². The number of hydrogen-bond acceptors (Lipinski definition) is 6. The molecule has 2 aliphatic heterocycles. The lowest BCUT2D eigenvalue weighted by Gasteiger charge is -2.34. The molecule has 0 N–H and O–H groups in total. The molecule has 3 rings (SSSR count). The number of carbonyl (C=O) groups is 2. The van der Waals surface area contributed by atoms with Crippen LogP contribution < -0.4 is 0 Å². The SMILES string of the molecule is C=C1C(=O)O[C@H]2[C@H](OC(C)=O)[C@@H](C)CCC/C(C)=C/CC[C@]3(C)OC(C)(C)O[C@H]3C[C@@H]12. The third-order valence-corrected chi connectivity index (χ3v) is 6.95. The van der Waals surface area contributed by atoms with Crippen molar-refractivity contribution in [1.82, 2.24) is 0 Å². The maximum absolute atomic E-state index is 12.5. The van der Waals surface area contributed by atoms with E-state index in [4.69, 9.17) is 18.9 Å². The average Bonchev–Trinajstić information content (AvgIpc) is 3.05. The number of esters is 2. The van der Waals surface area contributed by atoms with Gasteiger partial charge in [-0.05, 0) is 72.1 Å². The zero-order valence-electron chi connectivity index (χ0n) is 19.9. The van der Waals surface area contributed by atoms with E-state index in [1.54, 1.807) is 0 Å². The Balaban J connectivity index is 1.98. The molecule has 0 saturated carbocycles. The molecule has 6 nitrogen and oxygen atoms in total. The van der Waals surface area contributed by atoms with Crippen LogP contribution in [0.1, 0.15) is 80.1 Å². The molecule has 174 valence electrons. The maximum atomic E-state index is 12.5. The molecule has 3 aliphatic rings. The van der Waals surface area contributed by atoms with Crippen molar-refractivity contribution in [3.8, 4) is 0 Å². The zero-order chi connectivity index (χ0) is 23.0. The fourth-order valence-electron chi connectivity index (χ4n) is 5.34. The normalized spacial score (nSPS) is 40.7. The largest absolute Gasteiger partial charge is 0.458 e. The summed E-state index contributed by atoms with van der Waals surface area (Å²) in [5.41, 5.74) is 1.28. The van der Waals surface area contributed by atoms with Crippen molar-refractivity contribution in [2.45, 2.75) is 110 Å². The van der Waals surface area contributed by atoms with Gasteiger partial charge >= 0.3 is 11.9 Å². The second kappa shape index (κ2) is 9.07. The minimum Gasteiger partial charge on any atom is -0.458 e. The van der Waals surface area contributed by atoms with Crippen LogP contribution in [0, 0.1) is 11.8 Å². The summed E-state index contributed by atoms with van der Waals surface area (Å²) in [5.74, 6) is -1.74. The van der Waals surface area contributed by atoms with E-state index >= 15 is 0 Å². The van der Waals surface area contributed by atoms with Gasteiger partial charge in [-0.25, -0.2) is 4.79 Å². The molecule has 1 aliphatic carbocycles. The number of allylic oxidation sites excluding steroid dienone is 2. The predicted octanol–water partition coefficient (Wildman–Crippen LogP) is 4.86. The van der Waals surface area contributed by atoms with Gasteiger partial charge in [-0.2, -0.15) is 0 Å². The summed E-state index contributed by atoms with van der Waals surface area (Å²) < 4.78 is 24.2. The summed E-state index contributed by atoms with van der Waals surface area (Å²) in [7, 11) is 0. The first-order valence-corrected chi connectivity index (χ1v) is 11.5. The van der Waals surface area contributed by atoms with Gasteiger partial charge in [-0.3, -0.25) is 4.79 Å². The van der Waals surface area contributed by atoms with Crippen molar-refractivity contribution in [2.24, 2.45) is 11.8 Å². The molecular weight excluding hydrogens is 396 g/mol. The fourth-order valence-corrected chi connectivity index (χ4v) is 5.34. The zero-order valence-corrected chi connectivity index (χ0v) is 19.9. The van der Waals surface area contributed by atoms with Crippen molar-refractivity contribution >= 4 is 11.9 Å². The summed E-state index contributed by atoms with van der Waals surface area (Å²) in [6.45, 7) is 15.6. The van der Waals surface area contributed by atoms with E-state index in [0.29, 0.717) is 12.0 Å². The standard InChI is InChI=1S/C25H38O6/c1-15-10-8-12-16(2)21(28-18(4)26)22-19(17(3)23(27)29-22)14-20-25(7,13-9-11-15)31-24(5,6)30-20/h11,16,19-22H,3,8-10,12-14H2,1-2,4-7H3/b15-11+/t16-,19-,20-,21+,22+,25-/m0/s1. The quantitative estimate of drug-likeness (QED) is 0.333. The van der Waals surface area contributed by atoms with Gasteiger partial charge in [0.2, 0.25) is 0 Å². The van der Waals surface area contributed by atoms with Gasteiger partial charge in [0.05, 0.1) is 11.7 Å². The minimum atomic E-state index is -0.713. The second-order valence-corrected chi connectivity index (χ2v) is 10.2. The molecule has 2 saturated heterocycles. The van der Waals surface area contributed by atoms with Gasteiger partial charge in [0.1, 0.15) is 12.2 Å². The molecule has 6 atom stereocenters. The van der Waals surface area contributed by atoms with Gasteiger partial charge in [0.15, 0.2) is 5.79 Å². The molecule has 6 heteroatoms. The number of ether oxygens (including phenoxy) is 4. The molecule has 0 amide bonds. The van der Waals surface area contributed by atoms with E-state index in [2.05, 4.69) is 33.4 Å². The van der Waals surface area contributed by atoms with Crippen LogP contribution in [0.2, 0.25) is 0 Å². The van der Waals surface area contributed by atoms with E-state index in [9.17, 15) is 9.59 Å². The average molecular weight is 435 g/mol. The first-order chi connectivity index (χ1) is 14.4. The van der Waals surface area contributed by atoms with Crippen LogP contribution in [0.25, 0.3) is 0 Å². The first-order valence-electron chi connectivity index (χ1n) is 11.5. The Morgan fingerprint density at radius 3 is 2.68 bits per heavy atom. The summed E-state index contributed by atoms with van der Waals surface area (Å²) in [6, 6.07) is 0.